The molecule has 1 atom stereocenters. The van der Waals surface area contributed by atoms with E-state index in [0.717, 1.165) is 20.3 Å². The first-order valence-electron chi connectivity index (χ1n) is 5.60. The van der Waals surface area contributed by atoms with Gasteiger partial charge in [0.2, 0.25) is 0 Å². The molecule has 3 aromatic rings. The molecule has 2 heterocycles. The minimum absolute atomic E-state index is 0.257. The second-order valence-electron chi connectivity index (χ2n) is 4.15. The first-order chi connectivity index (χ1) is 8.66. The van der Waals surface area contributed by atoms with Gasteiger partial charge in [0.05, 0.1) is 17.1 Å². The van der Waals surface area contributed by atoms with E-state index < -0.39 is 0 Å². The van der Waals surface area contributed by atoms with Crippen molar-refractivity contribution in [2.45, 2.75) is 13.0 Å². The number of aromatic nitrogens is 2. The van der Waals surface area contributed by atoms with Crippen LogP contribution < -0.4 is 0 Å². The van der Waals surface area contributed by atoms with Gasteiger partial charge >= 0.3 is 0 Å². The van der Waals surface area contributed by atoms with Crippen molar-refractivity contribution in [3.63, 3.8) is 0 Å². The van der Waals surface area contributed by atoms with Gasteiger partial charge in [0.25, 0.3) is 0 Å². The Labute approximate surface area is 122 Å². The van der Waals surface area contributed by atoms with E-state index in [1.54, 1.807) is 11.3 Å². The molecule has 2 aromatic heterocycles. The summed E-state index contributed by atoms with van der Waals surface area (Å²) in [6.45, 7) is 2.18. The lowest BCUT2D eigenvalue weighted by Gasteiger charge is -2.12. The molecular weight excluding hydrogens is 328 g/mol. The van der Waals surface area contributed by atoms with Gasteiger partial charge in [0.1, 0.15) is 0 Å². The van der Waals surface area contributed by atoms with E-state index in [2.05, 4.69) is 62.1 Å². The zero-order chi connectivity index (χ0) is 12.7. The maximum atomic E-state index is 5.44. The third-order valence-electron chi connectivity index (χ3n) is 3.02. The normalized spacial score (nSPS) is 13.0. The van der Waals surface area contributed by atoms with Crippen molar-refractivity contribution in [1.82, 2.24) is 9.55 Å². The predicted molar refractivity (Wildman–Crippen MR) is 83.0 cm³/mol. The van der Waals surface area contributed by atoms with Crippen molar-refractivity contribution >= 4 is 50.5 Å². The summed E-state index contributed by atoms with van der Waals surface area (Å²) in [5, 5.41) is 2.10. The van der Waals surface area contributed by atoms with Gasteiger partial charge in [-0.05, 0) is 48.8 Å². The van der Waals surface area contributed by atoms with Crippen molar-refractivity contribution in [3.05, 3.63) is 49.8 Å². The number of imidazole rings is 1. The Balaban J connectivity index is 2.23. The van der Waals surface area contributed by atoms with Crippen molar-refractivity contribution < 1.29 is 0 Å². The number of benzene rings is 1. The molecule has 1 N–H and O–H groups in total. The van der Waals surface area contributed by atoms with E-state index in [4.69, 9.17) is 12.2 Å². The smallest absolute Gasteiger partial charge is 0.178 e. The fourth-order valence-corrected chi connectivity index (χ4v) is 3.65. The standard InChI is InChI=1S/C13H11BrN2S2/c1-8(12-3-2-6-18-12)16-11-5-4-9(14)7-10(11)15-13(16)17/h2-8H,1H3,(H,15,17). The number of nitrogens with zero attached hydrogens (tertiary/aromatic N) is 1. The van der Waals surface area contributed by atoms with Crippen LogP contribution in [0.2, 0.25) is 0 Å². The molecule has 1 aromatic carbocycles. The van der Waals surface area contributed by atoms with E-state index >= 15 is 0 Å². The molecule has 0 bridgehead atoms. The molecule has 0 saturated heterocycles. The summed E-state index contributed by atoms with van der Waals surface area (Å²) in [5.74, 6) is 0. The number of aromatic amines is 1. The minimum Gasteiger partial charge on any atom is -0.331 e. The van der Waals surface area contributed by atoms with Crippen LogP contribution in [0.3, 0.4) is 0 Å². The van der Waals surface area contributed by atoms with Crippen LogP contribution in [0.4, 0.5) is 0 Å². The van der Waals surface area contributed by atoms with Crippen LogP contribution in [0.25, 0.3) is 11.0 Å². The van der Waals surface area contributed by atoms with Gasteiger partial charge in [-0.25, -0.2) is 0 Å². The fraction of sp³-hybridized carbons (Fsp3) is 0.154. The average molecular weight is 339 g/mol. The monoisotopic (exact) mass is 338 g/mol. The first kappa shape index (κ1) is 12.1. The Morgan fingerprint density at radius 1 is 1.39 bits per heavy atom. The molecule has 3 rings (SSSR count). The van der Waals surface area contributed by atoms with Crippen LogP contribution in [0.1, 0.15) is 17.8 Å². The summed E-state index contributed by atoms with van der Waals surface area (Å²) in [5.41, 5.74) is 2.21. The number of hydrogen-bond donors (Lipinski definition) is 1. The SMILES string of the molecule is CC(c1cccs1)n1c(=S)[nH]c2cc(Br)ccc21. The summed E-state index contributed by atoms with van der Waals surface area (Å²) >= 11 is 10.7. The molecule has 0 aliphatic rings. The number of hydrogen-bond acceptors (Lipinski definition) is 2. The fourth-order valence-electron chi connectivity index (χ4n) is 2.14. The maximum absolute atomic E-state index is 5.44. The van der Waals surface area contributed by atoms with Crippen LogP contribution in [0.15, 0.2) is 40.2 Å². The highest BCUT2D eigenvalue weighted by Gasteiger charge is 2.13. The highest BCUT2D eigenvalue weighted by atomic mass is 79.9. The summed E-state index contributed by atoms with van der Waals surface area (Å²) in [6, 6.07) is 10.7. The molecule has 0 fully saturated rings. The van der Waals surface area contributed by atoms with Gasteiger partial charge < -0.3 is 9.55 Å². The van der Waals surface area contributed by atoms with Crippen LogP contribution >= 0.6 is 39.5 Å². The second kappa shape index (κ2) is 4.64. The number of halogens is 1. The molecule has 92 valence electrons. The predicted octanol–water partition coefficient (Wildman–Crippen LogP) is 5.13. The van der Waals surface area contributed by atoms with Gasteiger partial charge in [-0.1, -0.05) is 22.0 Å². The second-order valence-corrected chi connectivity index (χ2v) is 6.43. The maximum Gasteiger partial charge on any atom is 0.178 e. The third kappa shape index (κ3) is 1.96. The zero-order valence-corrected chi connectivity index (χ0v) is 12.9. The summed E-state index contributed by atoms with van der Waals surface area (Å²) in [6.07, 6.45) is 0. The van der Waals surface area contributed by atoms with Crippen molar-refractivity contribution in [3.8, 4) is 0 Å². The number of H-pyrrole nitrogens is 1. The molecule has 18 heavy (non-hydrogen) atoms. The number of nitrogens with one attached hydrogen (secondary N) is 1. The Morgan fingerprint density at radius 3 is 2.94 bits per heavy atom. The van der Waals surface area contributed by atoms with Crippen molar-refractivity contribution in [2.75, 3.05) is 0 Å². The quantitative estimate of drug-likeness (QED) is 0.642. The van der Waals surface area contributed by atoms with Crippen LogP contribution in [-0.4, -0.2) is 9.55 Å². The molecule has 0 radical (unpaired) electrons. The Morgan fingerprint density at radius 2 is 2.22 bits per heavy atom. The van der Waals surface area contributed by atoms with E-state index in [-0.39, 0.29) is 6.04 Å². The molecule has 0 aliphatic heterocycles. The Hall–Kier alpha value is -0.910. The largest absolute Gasteiger partial charge is 0.331 e. The lowest BCUT2D eigenvalue weighted by molar-refractivity contribution is 0.661. The molecule has 0 saturated carbocycles. The van der Waals surface area contributed by atoms with Gasteiger partial charge in [-0.15, -0.1) is 11.3 Å². The van der Waals surface area contributed by atoms with Crippen LogP contribution in [0.5, 0.6) is 0 Å². The highest BCUT2D eigenvalue weighted by Crippen LogP contribution is 2.28. The molecule has 0 amide bonds. The van der Waals surface area contributed by atoms with Gasteiger partial charge in [-0.3, -0.25) is 0 Å². The van der Waals surface area contributed by atoms with Crippen LogP contribution in [-0.2, 0) is 0 Å². The minimum atomic E-state index is 0.257. The van der Waals surface area contributed by atoms with Gasteiger partial charge in [-0.2, -0.15) is 0 Å². The topological polar surface area (TPSA) is 20.7 Å². The zero-order valence-electron chi connectivity index (χ0n) is 9.68. The molecule has 5 heteroatoms. The third-order valence-corrected chi connectivity index (χ3v) is 4.86. The number of thiophene rings is 1. The van der Waals surface area contributed by atoms with Gasteiger partial charge in [0, 0.05) is 9.35 Å². The Bertz CT molecular complexity index is 740. The van der Waals surface area contributed by atoms with Gasteiger partial charge in [0.15, 0.2) is 4.77 Å². The lowest BCUT2D eigenvalue weighted by atomic mass is 10.2. The average Bonchev–Trinajstić information content (AvgIpc) is 2.94. The summed E-state index contributed by atoms with van der Waals surface area (Å²) in [4.78, 5) is 4.58. The molecular formula is C13H11BrN2S2. The van der Waals surface area contributed by atoms with Crippen LogP contribution in [0, 0.1) is 4.77 Å². The van der Waals surface area contributed by atoms with E-state index in [1.165, 1.54) is 4.88 Å². The number of fused-ring (bicyclic) bond motifs is 1. The van der Waals surface area contributed by atoms with Crippen molar-refractivity contribution in [2.24, 2.45) is 0 Å². The first-order valence-corrected chi connectivity index (χ1v) is 7.68. The highest BCUT2D eigenvalue weighted by molar-refractivity contribution is 9.10. The summed E-state index contributed by atoms with van der Waals surface area (Å²) in [7, 11) is 0. The molecule has 0 spiro atoms. The van der Waals surface area contributed by atoms with E-state index in [9.17, 15) is 0 Å². The molecule has 0 aliphatic carbocycles. The Kier molecular flexibility index (Phi) is 3.13. The van der Waals surface area contributed by atoms with Crippen molar-refractivity contribution in [1.29, 1.82) is 0 Å². The summed E-state index contributed by atoms with van der Waals surface area (Å²) < 4.78 is 3.99. The molecule has 1 unspecified atom stereocenters. The molecule has 2 nitrogen and oxygen atoms in total. The lowest BCUT2D eigenvalue weighted by Crippen LogP contribution is -2.04. The van der Waals surface area contributed by atoms with E-state index in [1.807, 2.05) is 6.07 Å². The number of rotatable bonds is 2. The van der Waals surface area contributed by atoms with E-state index in [0.29, 0.717) is 0 Å².